The van der Waals surface area contributed by atoms with E-state index in [1.54, 1.807) is 7.11 Å². The van der Waals surface area contributed by atoms with Gasteiger partial charge in [0.2, 0.25) is 5.91 Å². The Morgan fingerprint density at radius 3 is 2.88 bits per heavy atom. The zero-order valence-electron chi connectivity index (χ0n) is 10.1. The number of benzene rings is 1. The summed E-state index contributed by atoms with van der Waals surface area (Å²) in [5.74, 6) is 0.981. The van der Waals surface area contributed by atoms with Crippen molar-refractivity contribution in [1.82, 2.24) is 5.43 Å². The lowest BCUT2D eigenvalue weighted by Crippen LogP contribution is -2.20. The van der Waals surface area contributed by atoms with Crippen LogP contribution in [0.4, 0.5) is 0 Å². The van der Waals surface area contributed by atoms with Crippen molar-refractivity contribution in [1.29, 1.82) is 0 Å². The first-order chi connectivity index (χ1) is 8.20. The van der Waals surface area contributed by atoms with Gasteiger partial charge in [-0.1, -0.05) is 12.1 Å². The molecule has 1 N–H and O–H groups in total. The van der Waals surface area contributed by atoms with Gasteiger partial charge in [-0.2, -0.15) is 5.10 Å². The van der Waals surface area contributed by atoms with Crippen molar-refractivity contribution in [3.05, 3.63) is 29.8 Å². The summed E-state index contributed by atoms with van der Waals surface area (Å²) in [6, 6.07) is 7.60. The van der Waals surface area contributed by atoms with Crippen molar-refractivity contribution in [2.24, 2.45) is 11.0 Å². The summed E-state index contributed by atoms with van der Waals surface area (Å²) in [5.41, 5.74) is 4.31. The fourth-order valence-electron chi connectivity index (χ4n) is 1.49. The van der Waals surface area contributed by atoms with Crippen LogP contribution in [0.1, 0.15) is 25.3 Å². The number of hydrogen-bond acceptors (Lipinski definition) is 3. The highest BCUT2D eigenvalue weighted by atomic mass is 16.5. The lowest BCUT2D eigenvalue weighted by Gasteiger charge is -2.04. The molecule has 0 heterocycles. The first-order valence-electron chi connectivity index (χ1n) is 5.69. The molecule has 0 bridgehead atoms. The van der Waals surface area contributed by atoms with E-state index in [9.17, 15) is 4.79 Å². The highest BCUT2D eigenvalue weighted by molar-refractivity contribution is 5.99. The van der Waals surface area contributed by atoms with Gasteiger partial charge in [0.15, 0.2) is 0 Å². The van der Waals surface area contributed by atoms with Crippen molar-refractivity contribution in [3.8, 4) is 5.75 Å². The number of ether oxygens (including phenoxy) is 1. The number of rotatable bonds is 4. The van der Waals surface area contributed by atoms with Crippen LogP contribution in [0.3, 0.4) is 0 Å². The van der Waals surface area contributed by atoms with E-state index >= 15 is 0 Å². The molecule has 0 saturated heterocycles. The molecule has 0 atom stereocenters. The van der Waals surface area contributed by atoms with Crippen LogP contribution >= 0.6 is 0 Å². The maximum absolute atomic E-state index is 11.4. The molecule has 0 radical (unpaired) electrons. The molecular formula is C13H16N2O2. The monoisotopic (exact) mass is 232 g/mol. The standard InChI is InChI=1S/C13H16N2O2/c1-9(14-15-13(16)10-6-7-10)11-4-3-5-12(8-11)17-2/h3-5,8,10H,6-7H2,1-2H3,(H,15,16)/b14-9+. The molecule has 1 aliphatic rings. The smallest absolute Gasteiger partial charge is 0.243 e. The van der Waals surface area contributed by atoms with E-state index in [1.165, 1.54) is 0 Å². The van der Waals surface area contributed by atoms with Gasteiger partial charge in [-0.25, -0.2) is 5.43 Å². The van der Waals surface area contributed by atoms with Crippen LogP contribution in [0.5, 0.6) is 5.75 Å². The number of carbonyl (C=O) groups excluding carboxylic acids is 1. The Morgan fingerprint density at radius 1 is 1.47 bits per heavy atom. The molecule has 4 heteroatoms. The fraction of sp³-hybridized carbons (Fsp3) is 0.385. The maximum Gasteiger partial charge on any atom is 0.243 e. The molecular weight excluding hydrogens is 216 g/mol. The zero-order valence-corrected chi connectivity index (χ0v) is 10.1. The minimum Gasteiger partial charge on any atom is -0.497 e. The second kappa shape index (κ2) is 4.99. The van der Waals surface area contributed by atoms with Gasteiger partial charge in [-0.15, -0.1) is 0 Å². The highest BCUT2D eigenvalue weighted by Gasteiger charge is 2.29. The molecule has 1 aromatic carbocycles. The second-order valence-corrected chi connectivity index (χ2v) is 4.18. The number of hydrazone groups is 1. The molecule has 0 unspecified atom stereocenters. The molecule has 1 aromatic rings. The summed E-state index contributed by atoms with van der Waals surface area (Å²) < 4.78 is 5.14. The first kappa shape index (κ1) is 11.6. The molecule has 4 nitrogen and oxygen atoms in total. The topological polar surface area (TPSA) is 50.7 Å². The van der Waals surface area contributed by atoms with Crippen LogP contribution < -0.4 is 10.2 Å². The van der Waals surface area contributed by atoms with Gasteiger partial charge in [0.05, 0.1) is 12.8 Å². The Bertz CT molecular complexity index is 450. The number of methoxy groups -OCH3 is 1. The molecule has 90 valence electrons. The van der Waals surface area contributed by atoms with Gasteiger partial charge < -0.3 is 4.74 Å². The molecule has 1 fully saturated rings. The minimum atomic E-state index is 0.0206. The Balaban J connectivity index is 2.03. The summed E-state index contributed by atoms with van der Waals surface area (Å²) in [6.07, 6.45) is 1.97. The van der Waals surface area contributed by atoms with Crippen molar-refractivity contribution in [3.63, 3.8) is 0 Å². The van der Waals surface area contributed by atoms with E-state index in [2.05, 4.69) is 10.5 Å². The maximum atomic E-state index is 11.4. The van der Waals surface area contributed by atoms with Gasteiger partial charge in [-0.3, -0.25) is 4.79 Å². The quantitative estimate of drug-likeness (QED) is 0.637. The van der Waals surface area contributed by atoms with E-state index in [0.29, 0.717) is 0 Å². The highest BCUT2D eigenvalue weighted by Crippen LogP contribution is 2.28. The molecule has 1 aliphatic carbocycles. The third-order valence-corrected chi connectivity index (χ3v) is 2.77. The van der Waals surface area contributed by atoms with Crippen molar-refractivity contribution in [2.45, 2.75) is 19.8 Å². The molecule has 0 aliphatic heterocycles. The predicted octanol–water partition coefficient (Wildman–Crippen LogP) is 1.95. The van der Waals surface area contributed by atoms with E-state index in [4.69, 9.17) is 4.74 Å². The van der Waals surface area contributed by atoms with Crippen LogP contribution in [0, 0.1) is 5.92 Å². The summed E-state index contributed by atoms with van der Waals surface area (Å²) in [5, 5.41) is 4.09. The van der Waals surface area contributed by atoms with Gasteiger partial charge in [0, 0.05) is 11.5 Å². The van der Waals surface area contributed by atoms with Gasteiger partial charge >= 0.3 is 0 Å². The molecule has 0 aromatic heterocycles. The minimum absolute atomic E-state index is 0.0206. The Hall–Kier alpha value is -1.84. The zero-order chi connectivity index (χ0) is 12.3. The van der Waals surface area contributed by atoms with Crippen molar-refractivity contribution >= 4 is 11.6 Å². The summed E-state index contributed by atoms with van der Waals surface area (Å²) in [4.78, 5) is 11.4. The number of nitrogens with one attached hydrogen (secondary N) is 1. The normalized spacial score (nSPS) is 15.5. The van der Waals surface area contributed by atoms with Gasteiger partial charge in [0.1, 0.15) is 5.75 Å². The average Bonchev–Trinajstić information content (AvgIpc) is 3.19. The fourth-order valence-corrected chi connectivity index (χ4v) is 1.49. The van der Waals surface area contributed by atoms with Crippen LogP contribution in [0.2, 0.25) is 0 Å². The first-order valence-corrected chi connectivity index (χ1v) is 5.69. The summed E-state index contributed by atoms with van der Waals surface area (Å²) in [6.45, 7) is 1.86. The lowest BCUT2D eigenvalue weighted by molar-refractivity contribution is -0.122. The molecule has 1 amide bonds. The SMILES string of the molecule is COc1cccc(/C(C)=N/NC(=O)C2CC2)c1. The molecule has 0 spiro atoms. The van der Waals surface area contributed by atoms with E-state index in [-0.39, 0.29) is 11.8 Å². The van der Waals surface area contributed by atoms with Crippen molar-refractivity contribution < 1.29 is 9.53 Å². The number of amides is 1. The predicted molar refractivity (Wildman–Crippen MR) is 66.1 cm³/mol. The molecule has 2 rings (SSSR count). The van der Waals surface area contributed by atoms with Crippen LogP contribution in [0.15, 0.2) is 29.4 Å². The summed E-state index contributed by atoms with van der Waals surface area (Å²) in [7, 11) is 1.63. The van der Waals surface area contributed by atoms with E-state index in [0.717, 1.165) is 29.9 Å². The van der Waals surface area contributed by atoms with Gasteiger partial charge in [-0.05, 0) is 31.9 Å². The molecule has 17 heavy (non-hydrogen) atoms. The van der Waals surface area contributed by atoms with Crippen LogP contribution in [-0.2, 0) is 4.79 Å². The Morgan fingerprint density at radius 2 is 2.24 bits per heavy atom. The van der Waals surface area contributed by atoms with Crippen molar-refractivity contribution in [2.75, 3.05) is 7.11 Å². The van der Waals surface area contributed by atoms with Gasteiger partial charge in [0.25, 0.3) is 0 Å². The van der Waals surface area contributed by atoms with Crippen LogP contribution in [0.25, 0.3) is 0 Å². The summed E-state index contributed by atoms with van der Waals surface area (Å²) >= 11 is 0. The Labute approximate surface area is 101 Å². The third-order valence-electron chi connectivity index (χ3n) is 2.77. The second-order valence-electron chi connectivity index (χ2n) is 4.18. The average molecular weight is 232 g/mol. The lowest BCUT2D eigenvalue weighted by atomic mass is 10.1. The number of hydrogen-bond donors (Lipinski definition) is 1. The largest absolute Gasteiger partial charge is 0.497 e. The number of nitrogens with zero attached hydrogens (tertiary/aromatic N) is 1. The van der Waals surface area contributed by atoms with Crippen LogP contribution in [-0.4, -0.2) is 18.7 Å². The Kier molecular flexibility index (Phi) is 3.42. The number of carbonyl (C=O) groups is 1. The molecule has 1 saturated carbocycles. The van der Waals surface area contributed by atoms with E-state index in [1.807, 2.05) is 31.2 Å². The third kappa shape index (κ3) is 3.06. The van der Waals surface area contributed by atoms with E-state index < -0.39 is 0 Å².